The van der Waals surface area contributed by atoms with Crippen molar-refractivity contribution in [3.05, 3.63) is 65.5 Å². The molecule has 0 aliphatic heterocycles. The molecule has 3 nitrogen and oxygen atoms in total. The van der Waals surface area contributed by atoms with E-state index in [2.05, 4.69) is 5.43 Å². The van der Waals surface area contributed by atoms with Gasteiger partial charge in [-0.1, -0.05) is 30.3 Å². The van der Waals surface area contributed by atoms with E-state index in [9.17, 15) is 4.39 Å². The van der Waals surface area contributed by atoms with E-state index in [0.717, 1.165) is 11.1 Å². The van der Waals surface area contributed by atoms with Gasteiger partial charge in [0.15, 0.2) is 0 Å². The van der Waals surface area contributed by atoms with Gasteiger partial charge in [0, 0.05) is 5.69 Å². The van der Waals surface area contributed by atoms with Gasteiger partial charge in [-0.25, -0.2) is 4.39 Å². The van der Waals surface area contributed by atoms with Crippen molar-refractivity contribution >= 4 is 5.69 Å². The lowest BCUT2D eigenvalue weighted by molar-refractivity contribution is 0.550. The molecule has 0 saturated heterocycles. The minimum Gasteiger partial charge on any atom is -0.398 e. The predicted molar refractivity (Wildman–Crippen MR) is 71.0 cm³/mol. The van der Waals surface area contributed by atoms with Gasteiger partial charge in [0.05, 0.1) is 6.04 Å². The molecule has 2 aromatic rings. The highest BCUT2D eigenvalue weighted by Crippen LogP contribution is 2.23. The van der Waals surface area contributed by atoms with E-state index >= 15 is 0 Å². The Morgan fingerprint density at radius 3 is 2.56 bits per heavy atom. The monoisotopic (exact) mass is 245 g/mol. The second-order valence-corrected chi connectivity index (χ2v) is 4.18. The van der Waals surface area contributed by atoms with Crippen LogP contribution in [0.4, 0.5) is 10.1 Å². The predicted octanol–water partition coefficient (Wildman–Crippen LogP) is 2.15. The SMILES string of the molecule is NNC(Cc1cccc(F)c1)c1ccccc1N. The second-order valence-electron chi connectivity index (χ2n) is 4.18. The van der Waals surface area contributed by atoms with Gasteiger partial charge in [0.2, 0.25) is 0 Å². The highest BCUT2D eigenvalue weighted by molar-refractivity contribution is 5.48. The summed E-state index contributed by atoms with van der Waals surface area (Å²) in [5.74, 6) is 5.31. The largest absolute Gasteiger partial charge is 0.398 e. The molecule has 2 aromatic carbocycles. The van der Waals surface area contributed by atoms with Gasteiger partial charge in [-0.3, -0.25) is 11.3 Å². The number of nitrogen functional groups attached to an aromatic ring is 1. The molecule has 0 amide bonds. The van der Waals surface area contributed by atoms with Crippen LogP contribution in [-0.2, 0) is 6.42 Å². The van der Waals surface area contributed by atoms with Crippen molar-refractivity contribution in [3.8, 4) is 0 Å². The summed E-state index contributed by atoms with van der Waals surface area (Å²) in [5.41, 5.74) is 11.1. The summed E-state index contributed by atoms with van der Waals surface area (Å²) in [4.78, 5) is 0. The molecule has 0 fully saturated rings. The van der Waals surface area contributed by atoms with Gasteiger partial charge < -0.3 is 5.73 Å². The van der Waals surface area contributed by atoms with Crippen LogP contribution in [0, 0.1) is 5.82 Å². The van der Waals surface area contributed by atoms with Crippen LogP contribution in [0.1, 0.15) is 17.2 Å². The lowest BCUT2D eigenvalue weighted by Crippen LogP contribution is -2.30. The zero-order valence-corrected chi connectivity index (χ0v) is 9.94. The zero-order valence-electron chi connectivity index (χ0n) is 9.94. The summed E-state index contributed by atoms with van der Waals surface area (Å²) in [5, 5.41) is 0. The van der Waals surface area contributed by atoms with Crippen LogP contribution < -0.4 is 17.0 Å². The highest BCUT2D eigenvalue weighted by Gasteiger charge is 2.13. The Bertz CT molecular complexity index is 528. The third-order valence-corrected chi connectivity index (χ3v) is 2.90. The van der Waals surface area contributed by atoms with Crippen LogP contribution in [0.2, 0.25) is 0 Å². The first-order valence-corrected chi connectivity index (χ1v) is 5.75. The van der Waals surface area contributed by atoms with Gasteiger partial charge in [0.1, 0.15) is 5.82 Å². The summed E-state index contributed by atoms with van der Waals surface area (Å²) < 4.78 is 13.1. The summed E-state index contributed by atoms with van der Waals surface area (Å²) in [6.45, 7) is 0. The number of hydrogen-bond donors (Lipinski definition) is 3. The number of halogens is 1. The molecular weight excluding hydrogens is 229 g/mol. The van der Waals surface area contributed by atoms with Crippen LogP contribution in [0.3, 0.4) is 0 Å². The molecule has 4 heteroatoms. The Morgan fingerprint density at radius 2 is 1.89 bits per heavy atom. The molecule has 0 radical (unpaired) electrons. The number of nitrogens with one attached hydrogen (secondary N) is 1. The highest BCUT2D eigenvalue weighted by atomic mass is 19.1. The van der Waals surface area contributed by atoms with Crippen molar-refractivity contribution in [3.63, 3.8) is 0 Å². The van der Waals surface area contributed by atoms with Crippen LogP contribution in [0.15, 0.2) is 48.5 Å². The van der Waals surface area contributed by atoms with E-state index in [0.29, 0.717) is 12.1 Å². The molecule has 1 unspecified atom stereocenters. The normalized spacial score (nSPS) is 12.3. The number of para-hydroxylation sites is 1. The third-order valence-electron chi connectivity index (χ3n) is 2.90. The zero-order chi connectivity index (χ0) is 13.0. The number of rotatable bonds is 4. The third kappa shape index (κ3) is 2.85. The topological polar surface area (TPSA) is 64.1 Å². The molecule has 0 heterocycles. The molecular formula is C14H16FN3. The summed E-state index contributed by atoms with van der Waals surface area (Å²) in [6.07, 6.45) is 0.586. The average Bonchev–Trinajstić information content (AvgIpc) is 2.37. The fraction of sp³-hybridized carbons (Fsp3) is 0.143. The molecule has 2 rings (SSSR count). The molecule has 94 valence electrons. The van der Waals surface area contributed by atoms with E-state index in [1.165, 1.54) is 12.1 Å². The molecule has 0 aliphatic rings. The molecule has 0 spiro atoms. The molecule has 5 N–H and O–H groups in total. The molecule has 18 heavy (non-hydrogen) atoms. The van der Waals surface area contributed by atoms with E-state index in [1.54, 1.807) is 6.07 Å². The Balaban J connectivity index is 2.23. The number of benzene rings is 2. The Hall–Kier alpha value is -1.91. The van der Waals surface area contributed by atoms with Gasteiger partial charge in [-0.2, -0.15) is 0 Å². The van der Waals surface area contributed by atoms with Crippen LogP contribution in [0.5, 0.6) is 0 Å². The Morgan fingerprint density at radius 1 is 1.11 bits per heavy atom. The molecule has 0 aromatic heterocycles. The lowest BCUT2D eigenvalue weighted by atomic mass is 9.98. The van der Waals surface area contributed by atoms with Crippen molar-refractivity contribution in [2.45, 2.75) is 12.5 Å². The Labute approximate surface area is 106 Å². The van der Waals surface area contributed by atoms with E-state index in [1.807, 2.05) is 30.3 Å². The molecule has 0 aliphatic carbocycles. The Kier molecular flexibility index (Phi) is 3.92. The average molecular weight is 245 g/mol. The number of nitrogens with two attached hydrogens (primary N) is 2. The molecule has 0 saturated carbocycles. The van der Waals surface area contributed by atoms with Crippen molar-refractivity contribution < 1.29 is 4.39 Å². The van der Waals surface area contributed by atoms with Gasteiger partial charge >= 0.3 is 0 Å². The van der Waals surface area contributed by atoms with Crippen molar-refractivity contribution in [1.29, 1.82) is 0 Å². The van der Waals surface area contributed by atoms with Crippen molar-refractivity contribution in [2.75, 3.05) is 5.73 Å². The van der Waals surface area contributed by atoms with Gasteiger partial charge in [0.25, 0.3) is 0 Å². The van der Waals surface area contributed by atoms with E-state index < -0.39 is 0 Å². The molecule has 0 bridgehead atoms. The van der Waals surface area contributed by atoms with Gasteiger partial charge in [-0.15, -0.1) is 0 Å². The lowest BCUT2D eigenvalue weighted by Gasteiger charge is -2.18. The fourth-order valence-electron chi connectivity index (χ4n) is 1.99. The fourth-order valence-corrected chi connectivity index (χ4v) is 1.99. The number of hydrogen-bond acceptors (Lipinski definition) is 3. The molecule has 1 atom stereocenters. The van der Waals surface area contributed by atoms with Crippen molar-refractivity contribution in [2.24, 2.45) is 5.84 Å². The second kappa shape index (κ2) is 5.62. The maximum Gasteiger partial charge on any atom is 0.123 e. The minimum absolute atomic E-state index is 0.131. The standard InChI is InChI=1S/C14H16FN3/c15-11-5-3-4-10(8-11)9-14(18-17)12-6-1-2-7-13(12)16/h1-8,14,18H,9,16-17H2. The quantitative estimate of drug-likeness (QED) is 0.439. The first kappa shape index (κ1) is 12.5. The van der Waals surface area contributed by atoms with Crippen molar-refractivity contribution in [1.82, 2.24) is 5.43 Å². The summed E-state index contributed by atoms with van der Waals surface area (Å²) in [6, 6.07) is 13.9. The first-order valence-electron chi connectivity index (χ1n) is 5.75. The first-order chi connectivity index (χ1) is 8.70. The van der Waals surface area contributed by atoms with Crippen LogP contribution >= 0.6 is 0 Å². The maximum atomic E-state index is 13.1. The smallest absolute Gasteiger partial charge is 0.123 e. The van der Waals surface area contributed by atoms with E-state index in [4.69, 9.17) is 11.6 Å². The van der Waals surface area contributed by atoms with Gasteiger partial charge in [-0.05, 0) is 35.7 Å². The summed E-state index contributed by atoms with van der Waals surface area (Å²) in [7, 11) is 0. The van der Waals surface area contributed by atoms with Crippen LogP contribution in [0.25, 0.3) is 0 Å². The number of hydrazine groups is 1. The van der Waals surface area contributed by atoms with Crippen LogP contribution in [-0.4, -0.2) is 0 Å². The number of anilines is 1. The summed E-state index contributed by atoms with van der Waals surface area (Å²) >= 11 is 0. The van der Waals surface area contributed by atoms with E-state index in [-0.39, 0.29) is 11.9 Å². The maximum absolute atomic E-state index is 13.1. The minimum atomic E-state index is -0.246.